The lowest BCUT2D eigenvalue weighted by molar-refractivity contribution is 0.621. The summed E-state index contributed by atoms with van der Waals surface area (Å²) in [6, 6.07) is 0.269. The van der Waals surface area contributed by atoms with Gasteiger partial charge in [0.25, 0.3) is 0 Å². The van der Waals surface area contributed by atoms with E-state index in [0.717, 1.165) is 12.8 Å². The molecule has 0 amide bonds. The van der Waals surface area contributed by atoms with E-state index in [9.17, 15) is 0 Å². The molecule has 1 aromatic heterocycles. The van der Waals surface area contributed by atoms with Crippen LogP contribution in [0, 0.1) is 0 Å². The Kier molecular flexibility index (Phi) is 2.65. The lowest BCUT2D eigenvalue weighted by Crippen LogP contribution is -2.22. The van der Waals surface area contributed by atoms with Crippen molar-refractivity contribution in [2.75, 3.05) is 0 Å². The van der Waals surface area contributed by atoms with Gasteiger partial charge in [0, 0.05) is 31.4 Å². The second-order valence-corrected chi connectivity index (χ2v) is 2.87. The molecule has 0 radical (unpaired) electrons. The van der Waals surface area contributed by atoms with Gasteiger partial charge in [-0.25, -0.2) is 4.98 Å². The smallest absolute Gasteiger partial charge is 0.0945 e. The van der Waals surface area contributed by atoms with E-state index in [1.54, 1.807) is 6.33 Å². The summed E-state index contributed by atoms with van der Waals surface area (Å²) < 4.78 is 2.01. The summed E-state index contributed by atoms with van der Waals surface area (Å²) in [5.74, 6) is 0. The molecule has 3 nitrogen and oxygen atoms in total. The first-order chi connectivity index (χ1) is 5.24. The lowest BCUT2D eigenvalue weighted by atomic mass is 10.1. The SMILES string of the molecule is CCC(N)Cc1cncn1C. The quantitative estimate of drug-likeness (QED) is 0.694. The van der Waals surface area contributed by atoms with E-state index in [-0.39, 0.29) is 6.04 Å². The van der Waals surface area contributed by atoms with Crippen molar-refractivity contribution in [3.8, 4) is 0 Å². The molecule has 0 fully saturated rings. The Bertz CT molecular complexity index is 217. The van der Waals surface area contributed by atoms with Crippen LogP contribution in [-0.2, 0) is 13.5 Å². The van der Waals surface area contributed by atoms with Crippen molar-refractivity contribution in [1.82, 2.24) is 9.55 Å². The molecular weight excluding hydrogens is 138 g/mol. The van der Waals surface area contributed by atoms with Crippen molar-refractivity contribution in [2.45, 2.75) is 25.8 Å². The van der Waals surface area contributed by atoms with Crippen molar-refractivity contribution in [1.29, 1.82) is 0 Å². The first-order valence-electron chi connectivity index (χ1n) is 3.94. The minimum absolute atomic E-state index is 0.269. The van der Waals surface area contributed by atoms with Crippen LogP contribution in [0.3, 0.4) is 0 Å². The van der Waals surface area contributed by atoms with E-state index in [0.29, 0.717) is 0 Å². The number of aromatic nitrogens is 2. The van der Waals surface area contributed by atoms with E-state index < -0.39 is 0 Å². The van der Waals surface area contributed by atoms with Crippen molar-refractivity contribution in [2.24, 2.45) is 12.8 Å². The van der Waals surface area contributed by atoms with E-state index >= 15 is 0 Å². The zero-order valence-electron chi connectivity index (χ0n) is 7.12. The van der Waals surface area contributed by atoms with Crippen LogP contribution in [0.4, 0.5) is 0 Å². The normalized spacial score (nSPS) is 13.4. The van der Waals surface area contributed by atoms with Gasteiger partial charge in [0.1, 0.15) is 0 Å². The monoisotopic (exact) mass is 153 g/mol. The Morgan fingerprint density at radius 2 is 2.45 bits per heavy atom. The zero-order valence-corrected chi connectivity index (χ0v) is 7.12. The maximum absolute atomic E-state index is 5.79. The Hall–Kier alpha value is -0.830. The third-order valence-electron chi connectivity index (χ3n) is 1.91. The standard InChI is InChI=1S/C8H15N3/c1-3-7(9)4-8-5-10-6-11(8)2/h5-7H,3-4,9H2,1-2H3. The number of hydrogen-bond acceptors (Lipinski definition) is 2. The van der Waals surface area contributed by atoms with E-state index in [1.807, 2.05) is 17.8 Å². The molecule has 0 aliphatic carbocycles. The summed E-state index contributed by atoms with van der Waals surface area (Å²) in [7, 11) is 1.99. The predicted octanol–water partition coefficient (Wildman–Crippen LogP) is 0.700. The van der Waals surface area contributed by atoms with Crippen LogP contribution in [0.5, 0.6) is 0 Å². The fraction of sp³-hybridized carbons (Fsp3) is 0.625. The number of aryl methyl sites for hydroxylation is 1. The second-order valence-electron chi connectivity index (χ2n) is 2.87. The molecule has 1 aromatic rings. The van der Waals surface area contributed by atoms with Crippen LogP contribution < -0.4 is 5.73 Å². The second kappa shape index (κ2) is 3.53. The highest BCUT2D eigenvalue weighted by molar-refractivity contribution is 4.99. The molecular formula is C8H15N3. The largest absolute Gasteiger partial charge is 0.338 e. The Labute approximate surface area is 67.2 Å². The molecule has 0 aliphatic rings. The molecule has 0 bridgehead atoms. The van der Waals surface area contributed by atoms with Crippen LogP contribution >= 0.6 is 0 Å². The molecule has 3 heteroatoms. The summed E-state index contributed by atoms with van der Waals surface area (Å²) >= 11 is 0. The molecule has 1 unspecified atom stereocenters. The van der Waals surface area contributed by atoms with E-state index in [4.69, 9.17) is 5.73 Å². The molecule has 0 spiro atoms. The van der Waals surface area contributed by atoms with Gasteiger partial charge < -0.3 is 10.3 Å². The van der Waals surface area contributed by atoms with Gasteiger partial charge in [-0.3, -0.25) is 0 Å². The lowest BCUT2D eigenvalue weighted by Gasteiger charge is -2.07. The predicted molar refractivity (Wildman–Crippen MR) is 45.2 cm³/mol. The van der Waals surface area contributed by atoms with Crippen LogP contribution in [-0.4, -0.2) is 15.6 Å². The minimum atomic E-state index is 0.269. The first-order valence-corrected chi connectivity index (χ1v) is 3.94. The number of imidazole rings is 1. The summed E-state index contributed by atoms with van der Waals surface area (Å²) in [6.07, 6.45) is 5.62. The van der Waals surface area contributed by atoms with Gasteiger partial charge in [0.05, 0.1) is 6.33 Å². The van der Waals surface area contributed by atoms with Crippen molar-refractivity contribution in [3.63, 3.8) is 0 Å². The Morgan fingerprint density at radius 3 is 2.91 bits per heavy atom. The Balaban J connectivity index is 2.56. The van der Waals surface area contributed by atoms with Crippen LogP contribution in [0.25, 0.3) is 0 Å². The minimum Gasteiger partial charge on any atom is -0.338 e. The van der Waals surface area contributed by atoms with Gasteiger partial charge in [-0.15, -0.1) is 0 Å². The fourth-order valence-corrected chi connectivity index (χ4v) is 0.994. The number of rotatable bonds is 3. The van der Waals surface area contributed by atoms with Gasteiger partial charge >= 0.3 is 0 Å². The molecule has 1 heterocycles. The Morgan fingerprint density at radius 1 is 1.73 bits per heavy atom. The fourth-order valence-electron chi connectivity index (χ4n) is 0.994. The van der Waals surface area contributed by atoms with Gasteiger partial charge in [-0.1, -0.05) is 6.92 Å². The van der Waals surface area contributed by atoms with E-state index in [1.165, 1.54) is 5.69 Å². The molecule has 2 N–H and O–H groups in total. The maximum Gasteiger partial charge on any atom is 0.0945 e. The molecule has 0 aromatic carbocycles. The number of nitrogens with two attached hydrogens (primary N) is 1. The summed E-state index contributed by atoms with van der Waals surface area (Å²) in [5.41, 5.74) is 7.00. The topological polar surface area (TPSA) is 43.8 Å². The highest BCUT2D eigenvalue weighted by atomic mass is 15.0. The molecule has 0 aliphatic heterocycles. The van der Waals surface area contributed by atoms with Crippen LogP contribution in [0.1, 0.15) is 19.0 Å². The molecule has 1 rings (SSSR count). The average Bonchev–Trinajstić information content (AvgIpc) is 2.37. The van der Waals surface area contributed by atoms with E-state index in [2.05, 4.69) is 11.9 Å². The summed E-state index contributed by atoms with van der Waals surface area (Å²) in [5, 5.41) is 0. The van der Waals surface area contributed by atoms with Gasteiger partial charge in [-0.05, 0) is 6.42 Å². The van der Waals surface area contributed by atoms with Gasteiger partial charge in [0.2, 0.25) is 0 Å². The van der Waals surface area contributed by atoms with Crippen molar-refractivity contribution >= 4 is 0 Å². The summed E-state index contributed by atoms with van der Waals surface area (Å²) in [4.78, 5) is 4.02. The van der Waals surface area contributed by atoms with Crippen LogP contribution in [0.15, 0.2) is 12.5 Å². The third-order valence-corrected chi connectivity index (χ3v) is 1.91. The first kappa shape index (κ1) is 8.27. The molecule has 0 saturated carbocycles. The average molecular weight is 153 g/mol. The maximum atomic E-state index is 5.79. The molecule has 0 saturated heterocycles. The van der Waals surface area contributed by atoms with Crippen molar-refractivity contribution < 1.29 is 0 Å². The molecule has 1 atom stereocenters. The van der Waals surface area contributed by atoms with Gasteiger partial charge in [-0.2, -0.15) is 0 Å². The number of hydrogen-bond donors (Lipinski definition) is 1. The molecule has 62 valence electrons. The van der Waals surface area contributed by atoms with Crippen LogP contribution in [0.2, 0.25) is 0 Å². The molecule has 11 heavy (non-hydrogen) atoms. The highest BCUT2D eigenvalue weighted by Crippen LogP contribution is 2.01. The zero-order chi connectivity index (χ0) is 8.27. The number of nitrogens with zero attached hydrogens (tertiary/aromatic N) is 2. The highest BCUT2D eigenvalue weighted by Gasteiger charge is 2.03. The van der Waals surface area contributed by atoms with Crippen molar-refractivity contribution in [3.05, 3.63) is 18.2 Å². The third kappa shape index (κ3) is 2.05. The van der Waals surface area contributed by atoms with Gasteiger partial charge in [0.15, 0.2) is 0 Å². The summed E-state index contributed by atoms with van der Waals surface area (Å²) in [6.45, 7) is 2.10.